The molecule has 13 heavy (non-hydrogen) atoms. The minimum Gasteiger partial charge on any atom is -0.303 e. The monoisotopic (exact) mass is 181 g/mol. The second kappa shape index (κ2) is 6.20. The third-order valence-corrected chi connectivity index (χ3v) is 3.12. The van der Waals surface area contributed by atoms with E-state index in [0.717, 1.165) is 12.5 Å². The topological polar surface area (TPSA) is 3.24 Å². The predicted molar refractivity (Wildman–Crippen MR) is 58.9 cm³/mol. The number of allylic oxidation sites excluding steroid dienone is 1. The average molecular weight is 181 g/mol. The van der Waals surface area contributed by atoms with Gasteiger partial charge in [0.2, 0.25) is 0 Å². The van der Waals surface area contributed by atoms with E-state index in [-0.39, 0.29) is 0 Å². The molecule has 0 aliphatic heterocycles. The lowest BCUT2D eigenvalue weighted by Gasteiger charge is -2.31. The maximum absolute atomic E-state index is 3.75. The Labute approximate surface area is 82.8 Å². The van der Waals surface area contributed by atoms with Gasteiger partial charge in [-0.25, -0.2) is 0 Å². The molecule has 1 nitrogen and oxygen atoms in total. The van der Waals surface area contributed by atoms with Gasteiger partial charge in [-0.15, -0.1) is 6.58 Å². The molecule has 1 fully saturated rings. The number of hydrogen-bond donors (Lipinski definition) is 0. The van der Waals surface area contributed by atoms with Gasteiger partial charge in [0.05, 0.1) is 0 Å². The van der Waals surface area contributed by atoms with E-state index in [9.17, 15) is 0 Å². The molecule has 0 saturated heterocycles. The smallest absolute Gasteiger partial charge is 0.00922 e. The first-order valence-electron chi connectivity index (χ1n) is 5.65. The maximum Gasteiger partial charge on any atom is 0.00922 e. The van der Waals surface area contributed by atoms with Crippen molar-refractivity contribution in [1.82, 2.24) is 4.90 Å². The van der Waals surface area contributed by atoms with E-state index >= 15 is 0 Å². The van der Waals surface area contributed by atoms with E-state index in [2.05, 4.69) is 18.5 Å². The Balaban J connectivity index is 2.13. The van der Waals surface area contributed by atoms with Crippen LogP contribution in [-0.4, -0.2) is 24.5 Å². The Hall–Kier alpha value is -0.300. The van der Waals surface area contributed by atoms with Crippen LogP contribution < -0.4 is 0 Å². The van der Waals surface area contributed by atoms with Crippen LogP contribution in [0.1, 0.15) is 44.9 Å². The van der Waals surface area contributed by atoms with Crippen LogP contribution in [0.4, 0.5) is 0 Å². The summed E-state index contributed by atoms with van der Waals surface area (Å²) in [6.45, 7) is 5.00. The van der Waals surface area contributed by atoms with Crippen LogP contribution in [0.5, 0.6) is 0 Å². The maximum atomic E-state index is 3.75. The van der Waals surface area contributed by atoms with E-state index in [1.54, 1.807) is 0 Å². The van der Waals surface area contributed by atoms with Crippen molar-refractivity contribution in [2.45, 2.75) is 51.0 Å². The molecule has 0 atom stereocenters. The van der Waals surface area contributed by atoms with Crippen molar-refractivity contribution >= 4 is 0 Å². The van der Waals surface area contributed by atoms with Crippen molar-refractivity contribution in [1.29, 1.82) is 0 Å². The van der Waals surface area contributed by atoms with Crippen LogP contribution in [0.2, 0.25) is 0 Å². The molecule has 1 heteroatoms. The highest BCUT2D eigenvalue weighted by atomic mass is 15.1. The number of hydrogen-bond acceptors (Lipinski definition) is 1. The van der Waals surface area contributed by atoms with Crippen LogP contribution in [0.15, 0.2) is 12.7 Å². The SMILES string of the molecule is C=CCCCN(C)C1CCCCC1. The fourth-order valence-electron chi connectivity index (χ4n) is 2.19. The minimum absolute atomic E-state index is 0.874. The highest BCUT2D eigenvalue weighted by molar-refractivity contribution is 4.74. The van der Waals surface area contributed by atoms with E-state index < -0.39 is 0 Å². The zero-order valence-electron chi connectivity index (χ0n) is 8.97. The average Bonchev–Trinajstić information content (AvgIpc) is 2.19. The highest BCUT2D eigenvalue weighted by Crippen LogP contribution is 2.21. The third-order valence-electron chi connectivity index (χ3n) is 3.12. The lowest BCUT2D eigenvalue weighted by atomic mass is 9.94. The van der Waals surface area contributed by atoms with Gasteiger partial charge in [0.25, 0.3) is 0 Å². The summed E-state index contributed by atoms with van der Waals surface area (Å²) < 4.78 is 0. The quantitative estimate of drug-likeness (QED) is 0.465. The fraction of sp³-hybridized carbons (Fsp3) is 0.833. The molecule has 0 aromatic rings. The number of unbranched alkanes of at least 4 members (excludes halogenated alkanes) is 1. The van der Waals surface area contributed by atoms with Gasteiger partial charge in [-0.05, 0) is 39.3 Å². The van der Waals surface area contributed by atoms with Gasteiger partial charge in [-0.1, -0.05) is 25.3 Å². The molecule has 0 amide bonds. The first kappa shape index (κ1) is 10.8. The predicted octanol–water partition coefficient (Wildman–Crippen LogP) is 3.22. The molecule has 0 unspecified atom stereocenters. The van der Waals surface area contributed by atoms with Crippen molar-refractivity contribution in [3.63, 3.8) is 0 Å². The van der Waals surface area contributed by atoms with Gasteiger partial charge in [0, 0.05) is 6.04 Å². The zero-order valence-corrected chi connectivity index (χ0v) is 8.97. The summed E-state index contributed by atoms with van der Waals surface area (Å²) in [6.07, 6.45) is 11.6. The van der Waals surface area contributed by atoms with Crippen molar-refractivity contribution in [2.75, 3.05) is 13.6 Å². The molecule has 0 N–H and O–H groups in total. The molecule has 76 valence electrons. The molecule has 1 aliphatic carbocycles. The Kier molecular flexibility index (Phi) is 5.14. The Bertz CT molecular complexity index is 136. The molecule has 0 aromatic heterocycles. The molecule has 0 spiro atoms. The summed E-state index contributed by atoms with van der Waals surface area (Å²) in [5.74, 6) is 0. The normalized spacial score (nSPS) is 19.2. The molecular weight excluding hydrogens is 158 g/mol. The third kappa shape index (κ3) is 3.95. The summed E-state index contributed by atoms with van der Waals surface area (Å²) in [5.41, 5.74) is 0. The molecular formula is C12H23N. The summed E-state index contributed by atoms with van der Waals surface area (Å²) in [7, 11) is 2.28. The second-order valence-electron chi connectivity index (χ2n) is 4.20. The van der Waals surface area contributed by atoms with Gasteiger partial charge < -0.3 is 4.90 Å². The summed E-state index contributed by atoms with van der Waals surface area (Å²) >= 11 is 0. The van der Waals surface area contributed by atoms with Crippen molar-refractivity contribution in [3.05, 3.63) is 12.7 Å². The largest absolute Gasteiger partial charge is 0.303 e. The first-order chi connectivity index (χ1) is 6.34. The van der Waals surface area contributed by atoms with E-state index in [1.807, 2.05) is 6.08 Å². The zero-order chi connectivity index (χ0) is 9.52. The fourth-order valence-corrected chi connectivity index (χ4v) is 2.19. The Morgan fingerprint density at radius 1 is 1.31 bits per heavy atom. The van der Waals surface area contributed by atoms with Crippen LogP contribution in [-0.2, 0) is 0 Å². The van der Waals surface area contributed by atoms with E-state index in [4.69, 9.17) is 0 Å². The lowest BCUT2D eigenvalue weighted by Crippen LogP contribution is -2.34. The molecule has 1 saturated carbocycles. The summed E-state index contributed by atoms with van der Waals surface area (Å²) in [6, 6.07) is 0.874. The minimum atomic E-state index is 0.874. The van der Waals surface area contributed by atoms with Gasteiger partial charge in [0.15, 0.2) is 0 Å². The van der Waals surface area contributed by atoms with E-state index in [1.165, 1.54) is 45.1 Å². The Morgan fingerprint density at radius 3 is 2.62 bits per heavy atom. The molecule has 0 bridgehead atoms. The van der Waals surface area contributed by atoms with Crippen LogP contribution >= 0.6 is 0 Å². The van der Waals surface area contributed by atoms with Crippen molar-refractivity contribution in [3.8, 4) is 0 Å². The van der Waals surface area contributed by atoms with Gasteiger partial charge in [0.1, 0.15) is 0 Å². The lowest BCUT2D eigenvalue weighted by molar-refractivity contribution is 0.190. The number of rotatable bonds is 5. The molecule has 1 rings (SSSR count). The molecule has 1 aliphatic rings. The molecule has 0 radical (unpaired) electrons. The van der Waals surface area contributed by atoms with Gasteiger partial charge in [-0.3, -0.25) is 0 Å². The second-order valence-corrected chi connectivity index (χ2v) is 4.20. The first-order valence-corrected chi connectivity index (χ1v) is 5.65. The van der Waals surface area contributed by atoms with Crippen molar-refractivity contribution in [2.24, 2.45) is 0 Å². The highest BCUT2D eigenvalue weighted by Gasteiger charge is 2.16. The van der Waals surface area contributed by atoms with Crippen LogP contribution in [0.3, 0.4) is 0 Å². The van der Waals surface area contributed by atoms with Crippen LogP contribution in [0.25, 0.3) is 0 Å². The van der Waals surface area contributed by atoms with Gasteiger partial charge >= 0.3 is 0 Å². The van der Waals surface area contributed by atoms with E-state index in [0.29, 0.717) is 0 Å². The molecule has 0 heterocycles. The standard InChI is InChI=1S/C12H23N/c1-3-4-8-11-13(2)12-9-6-5-7-10-12/h3,12H,1,4-11H2,2H3. The number of nitrogens with zero attached hydrogens (tertiary/aromatic N) is 1. The summed E-state index contributed by atoms with van der Waals surface area (Å²) in [4.78, 5) is 2.54. The molecule has 0 aromatic carbocycles. The van der Waals surface area contributed by atoms with Crippen molar-refractivity contribution < 1.29 is 0 Å². The van der Waals surface area contributed by atoms with Crippen LogP contribution in [0, 0.1) is 0 Å². The summed E-state index contributed by atoms with van der Waals surface area (Å²) in [5, 5.41) is 0. The Morgan fingerprint density at radius 2 is 2.00 bits per heavy atom. The van der Waals surface area contributed by atoms with Gasteiger partial charge in [-0.2, -0.15) is 0 Å².